The van der Waals surface area contributed by atoms with Crippen LogP contribution in [-0.2, 0) is 4.43 Å². The summed E-state index contributed by atoms with van der Waals surface area (Å²) in [6.07, 6.45) is 1.71. The van der Waals surface area contributed by atoms with E-state index in [0.717, 1.165) is 23.7 Å². The molecule has 0 aliphatic carbocycles. The van der Waals surface area contributed by atoms with E-state index in [0.29, 0.717) is 11.6 Å². The molecule has 0 spiro atoms. The molecule has 0 aromatic carbocycles. The first-order valence-electron chi connectivity index (χ1n) is 9.18. The van der Waals surface area contributed by atoms with Gasteiger partial charge in [-0.2, -0.15) is 0 Å². The molecule has 0 aliphatic heterocycles. The Kier molecular flexibility index (Phi) is 9.42. The lowest BCUT2D eigenvalue weighted by molar-refractivity contribution is 0.205. The maximum atomic E-state index is 6.71. The van der Waals surface area contributed by atoms with Crippen LogP contribution in [0.4, 0.5) is 0 Å². The van der Waals surface area contributed by atoms with Crippen molar-refractivity contribution in [1.82, 2.24) is 0 Å². The number of hydrogen-bond acceptors (Lipinski definition) is 1. The highest BCUT2D eigenvalue weighted by Crippen LogP contribution is 2.40. The lowest BCUT2D eigenvalue weighted by atomic mass is 9.89. The summed E-state index contributed by atoms with van der Waals surface area (Å²) in [6, 6.07) is 2.65. The second-order valence-electron chi connectivity index (χ2n) is 8.82. The van der Waals surface area contributed by atoms with Crippen LogP contribution in [0.3, 0.4) is 0 Å². The first kappa shape index (κ1) is 21.2. The van der Waals surface area contributed by atoms with E-state index in [4.69, 9.17) is 4.43 Å². The second kappa shape index (κ2) is 9.35. The summed E-state index contributed by atoms with van der Waals surface area (Å²) < 4.78 is 6.71. The molecule has 0 saturated heterocycles. The largest absolute Gasteiger partial charge is 0.414 e. The molecule has 0 amide bonds. The number of hydrogen-bond donors (Lipinski definition) is 0. The van der Waals surface area contributed by atoms with Crippen LogP contribution >= 0.6 is 0 Å². The Morgan fingerprint density at radius 3 is 1.52 bits per heavy atom. The molecule has 0 rings (SSSR count). The van der Waals surface area contributed by atoms with Crippen molar-refractivity contribution < 1.29 is 4.43 Å². The summed E-state index contributed by atoms with van der Waals surface area (Å²) in [6.45, 7) is 23.5. The Bertz CT molecular complexity index is 259. The summed E-state index contributed by atoms with van der Waals surface area (Å²) in [5.41, 5.74) is 0.704. The van der Waals surface area contributed by atoms with E-state index in [1.165, 1.54) is 18.5 Å². The maximum absolute atomic E-state index is 6.71. The van der Waals surface area contributed by atoms with Gasteiger partial charge >= 0.3 is 0 Å². The van der Waals surface area contributed by atoms with Gasteiger partial charge in [-0.15, -0.1) is 0 Å². The van der Waals surface area contributed by atoms with E-state index in [2.05, 4.69) is 69.2 Å². The van der Waals surface area contributed by atoms with Gasteiger partial charge in [-0.05, 0) is 61.6 Å². The summed E-state index contributed by atoms with van der Waals surface area (Å²) >= 11 is 0. The molecule has 21 heavy (non-hydrogen) atoms. The topological polar surface area (TPSA) is 9.23 Å². The van der Waals surface area contributed by atoms with Gasteiger partial charge in [0.25, 0.3) is 0 Å². The Morgan fingerprint density at radius 1 is 0.714 bits per heavy atom. The third kappa shape index (κ3) is 7.83. The SMILES string of the molecule is CC(C)CC(C[Si](CC(C)C)(OC(C)C)C(C)C)C(C)C. The average molecular weight is 315 g/mol. The van der Waals surface area contributed by atoms with Crippen LogP contribution < -0.4 is 0 Å². The van der Waals surface area contributed by atoms with E-state index >= 15 is 0 Å². The Labute approximate surface area is 136 Å². The van der Waals surface area contributed by atoms with Crippen molar-refractivity contribution in [3.8, 4) is 0 Å². The second-order valence-corrected chi connectivity index (χ2v) is 13.2. The van der Waals surface area contributed by atoms with Gasteiger partial charge < -0.3 is 4.43 Å². The fourth-order valence-electron chi connectivity index (χ4n) is 3.59. The van der Waals surface area contributed by atoms with Crippen LogP contribution in [0.1, 0.15) is 75.7 Å². The van der Waals surface area contributed by atoms with Crippen LogP contribution in [-0.4, -0.2) is 14.4 Å². The molecular weight excluding hydrogens is 272 g/mol. The van der Waals surface area contributed by atoms with Crippen LogP contribution in [0.25, 0.3) is 0 Å². The fourth-order valence-corrected chi connectivity index (χ4v) is 9.01. The quantitative estimate of drug-likeness (QED) is 0.406. The van der Waals surface area contributed by atoms with Crippen LogP contribution in [0.15, 0.2) is 0 Å². The standard InChI is InChI=1S/C19H42OSi/c1-14(2)11-19(16(5)6)13-21(18(9)10,12-15(3)4)20-17(7)8/h14-19H,11-13H2,1-10H3. The predicted molar refractivity (Wildman–Crippen MR) is 99.3 cm³/mol. The highest BCUT2D eigenvalue weighted by atomic mass is 28.4. The summed E-state index contributed by atoms with van der Waals surface area (Å²) in [7, 11) is -1.69. The van der Waals surface area contributed by atoms with E-state index in [1.807, 2.05) is 0 Å². The van der Waals surface area contributed by atoms with Gasteiger partial charge in [0, 0.05) is 6.10 Å². The minimum Gasteiger partial charge on any atom is -0.414 e. The zero-order chi connectivity index (χ0) is 16.8. The molecule has 1 nitrogen and oxygen atoms in total. The molecule has 0 N–H and O–H groups in total. The van der Waals surface area contributed by atoms with E-state index in [-0.39, 0.29) is 0 Å². The molecule has 2 heteroatoms. The zero-order valence-corrected chi connectivity index (χ0v) is 17.5. The van der Waals surface area contributed by atoms with Gasteiger partial charge in [0.2, 0.25) is 0 Å². The molecule has 2 atom stereocenters. The van der Waals surface area contributed by atoms with Crippen molar-refractivity contribution in [1.29, 1.82) is 0 Å². The van der Waals surface area contributed by atoms with Gasteiger partial charge in [-0.1, -0.05) is 55.4 Å². The van der Waals surface area contributed by atoms with Crippen molar-refractivity contribution in [2.75, 3.05) is 0 Å². The van der Waals surface area contributed by atoms with E-state index in [9.17, 15) is 0 Å². The molecule has 0 radical (unpaired) electrons. The van der Waals surface area contributed by atoms with Gasteiger partial charge in [-0.25, -0.2) is 0 Å². The van der Waals surface area contributed by atoms with E-state index in [1.54, 1.807) is 0 Å². The molecule has 0 heterocycles. The van der Waals surface area contributed by atoms with Gasteiger partial charge in [0.15, 0.2) is 8.32 Å². The first-order valence-corrected chi connectivity index (χ1v) is 11.6. The maximum Gasteiger partial charge on any atom is 0.196 e. The highest BCUT2D eigenvalue weighted by molar-refractivity contribution is 6.75. The minimum absolute atomic E-state index is 0.365. The predicted octanol–water partition coefficient (Wildman–Crippen LogP) is 6.74. The van der Waals surface area contributed by atoms with Crippen molar-refractivity contribution in [3.05, 3.63) is 0 Å². The van der Waals surface area contributed by atoms with Crippen molar-refractivity contribution in [2.45, 2.75) is 99.4 Å². The lowest BCUT2D eigenvalue weighted by Crippen LogP contribution is -2.47. The fraction of sp³-hybridized carbons (Fsp3) is 1.00. The smallest absolute Gasteiger partial charge is 0.196 e. The Balaban J connectivity index is 5.32. The van der Waals surface area contributed by atoms with Crippen LogP contribution in [0, 0.1) is 23.7 Å². The van der Waals surface area contributed by atoms with Gasteiger partial charge in [0.1, 0.15) is 0 Å². The normalized spacial score (nSPS) is 17.3. The molecule has 2 unspecified atom stereocenters. The Morgan fingerprint density at radius 2 is 1.24 bits per heavy atom. The minimum atomic E-state index is -1.69. The highest BCUT2D eigenvalue weighted by Gasteiger charge is 2.42. The first-order chi connectivity index (χ1) is 9.50. The monoisotopic (exact) mass is 314 g/mol. The Hall–Kier alpha value is 0.177. The summed E-state index contributed by atoms with van der Waals surface area (Å²) in [5.74, 6) is 3.11. The van der Waals surface area contributed by atoms with Gasteiger partial charge in [0.05, 0.1) is 0 Å². The third-order valence-electron chi connectivity index (χ3n) is 4.60. The van der Waals surface area contributed by atoms with Crippen molar-refractivity contribution in [2.24, 2.45) is 23.7 Å². The van der Waals surface area contributed by atoms with Crippen LogP contribution in [0.2, 0.25) is 17.6 Å². The molecule has 0 bridgehead atoms. The molecule has 0 fully saturated rings. The van der Waals surface area contributed by atoms with Gasteiger partial charge in [-0.3, -0.25) is 0 Å². The van der Waals surface area contributed by atoms with E-state index < -0.39 is 8.32 Å². The average Bonchev–Trinajstić information content (AvgIpc) is 2.24. The lowest BCUT2D eigenvalue weighted by Gasteiger charge is -2.42. The molecule has 0 aliphatic rings. The van der Waals surface area contributed by atoms with Crippen molar-refractivity contribution in [3.63, 3.8) is 0 Å². The summed E-state index contributed by atoms with van der Waals surface area (Å²) in [4.78, 5) is 0. The third-order valence-corrected chi connectivity index (χ3v) is 10.4. The summed E-state index contributed by atoms with van der Waals surface area (Å²) in [5, 5.41) is 0. The van der Waals surface area contributed by atoms with Crippen LogP contribution in [0.5, 0.6) is 0 Å². The molecular formula is C19H42OSi. The van der Waals surface area contributed by atoms with Crippen molar-refractivity contribution >= 4 is 8.32 Å². The zero-order valence-electron chi connectivity index (χ0n) is 16.5. The molecule has 0 aromatic rings. The molecule has 0 aromatic heterocycles. The number of rotatable bonds is 10. The molecule has 128 valence electrons. The molecule has 0 saturated carbocycles.